The Morgan fingerprint density at radius 1 is 1.06 bits per heavy atom. The van der Waals surface area contributed by atoms with Crippen molar-refractivity contribution < 1.29 is 18.7 Å². The number of aryl methyl sites for hydroxylation is 1. The molecule has 6 aromatic rings. The minimum absolute atomic E-state index is 0.0808. The first-order valence-electron chi connectivity index (χ1n) is 17.8. The Bertz CT molecular complexity index is 2290. The first-order valence-corrected chi connectivity index (χ1v) is 18.2. The number of nitrogens with one attached hydrogen (secondary N) is 1. The predicted molar refractivity (Wildman–Crippen MR) is 195 cm³/mol. The maximum absolute atomic E-state index is 15.5. The van der Waals surface area contributed by atoms with Gasteiger partial charge in [0.15, 0.2) is 11.9 Å². The standard InChI is InChI=1S/C39H38ClFN8O3/c1-47-20-26-31(45-47)15-14-25(34(26)40)35-36-37(49(46-35)33-13-7-8-18-51-33)44-32(19-42-36)48-17-16-27-29(21-48)39(27,28-11-5-6-12-30(28)41)23-43-38(50)52-22-24-9-3-2-4-10-24/h2-6,9-12,14-15,19-20,27,29,33H,7-8,13,16-18,21-23H2,1H3,(H,43,50)/t27-,29+,33?,39-/m1/s1. The molecule has 11 nitrogen and oxygen atoms in total. The fourth-order valence-corrected chi connectivity index (χ4v) is 8.78. The van der Waals surface area contributed by atoms with Crippen molar-refractivity contribution in [1.29, 1.82) is 0 Å². The van der Waals surface area contributed by atoms with Crippen LogP contribution in [0.4, 0.5) is 15.0 Å². The van der Waals surface area contributed by atoms with Crippen molar-refractivity contribution in [2.24, 2.45) is 18.9 Å². The highest BCUT2D eigenvalue weighted by Crippen LogP contribution is 2.63. The SMILES string of the molecule is Cn1cc2c(Cl)c(-c3nn(C4CCCCO4)c4nc(N5CC[C@@H]6[C@H](C5)[C@@]6(CNC(=O)OCc5ccccc5)c5ccccc5F)cnc34)ccc2n1. The van der Waals surface area contributed by atoms with Crippen molar-refractivity contribution in [1.82, 2.24) is 34.8 Å². The lowest BCUT2D eigenvalue weighted by molar-refractivity contribution is -0.0368. The second-order valence-electron chi connectivity index (χ2n) is 14.1. The van der Waals surface area contributed by atoms with Gasteiger partial charge >= 0.3 is 6.09 Å². The number of anilines is 1. The second kappa shape index (κ2) is 13.2. The quantitative estimate of drug-likeness (QED) is 0.176. The number of alkyl carbamates (subject to hydrolysis) is 1. The molecule has 13 heteroatoms. The summed E-state index contributed by atoms with van der Waals surface area (Å²) in [5.41, 5.74) is 4.42. The Hall–Kier alpha value is -5.07. The molecule has 3 aliphatic rings. The van der Waals surface area contributed by atoms with Crippen molar-refractivity contribution in [3.05, 3.63) is 101 Å². The molecule has 3 aromatic carbocycles. The first kappa shape index (κ1) is 32.8. The number of ether oxygens (including phenoxy) is 2. The highest BCUT2D eigenvalue weighted by Gasteiger charge is 2.67. The highest BCUT2D eigenvalue weighted by molar-refractivity contribution is 6.38. The summed E-state index contributed by atoms with van der Waals surface area (Å²) >= 11 is 6.99. The topological polar surface area (TPSA) is 112 Å². The van der Waals surface area contributed by atoms with E-state index < -0.39 is 11.5 Å². The normalized spacial score (nSPS) is 22.8. The lowest BCUT2D eigenvalue weighted by Crippen LogP contribution is -2.36. The Kier molecular flexibility index (Phi) is 8.31. The van der Waals surface area contributed by atoms with Crippen LogP contribution in [0, 0.1) is 17.7 Å². The van der Waals surface area contributed by atoms with Gasteiger partial charge < -0.3 is 19.7 Å². The largest absolute Gasteiger partial charge is 0.445 e. The number of halogens is 2. The second-order valence-corrected chi connectivity index (χ2v) is 14.4. The Labute approximate surface area is 304 Å². The molecular formula is C39H38ClFN8O3. The molecule has 0 spiro atoms. The Morgan fingerprint density at radius 3 is 2.73 bits per heavy atom. The molecule has 0 bridgehead atoms. The predicted octanol–water partition coefficient (Wildman–Crippen LogP) is 7.19. The monoisotopic (exact) mass is 720 g/mol. The average molecular weight is 721 g/mol. The van der Waals surface area contributed by atoms with Crippen molar-refractivity contribution in [2.45, 2.75) is 43.9 Å². The minimum atomic E-state index is -0.573. The molecule has 1 N–H and O–H groups in total. The molecule has 2 aliphatic heterocycles. The van der Waals surface area contributed by atoms with E-state index in [-0.39, 0.29) is 37.0 Å². The zero-order valence-corrected chi connectivity index (χ0v) is 29.5. The van der Waals surface area contributed by atoms with Crippen LogP contribution in [-0.2, 0) is 28.5 Å². The van der Waals surface area contributed by atoms with E-state index in [4.69, 9.17) is 36.1 Å². The number of benzene rings is 3. The zero-order valence-electron chi connectivity index (χ0n) is 28.7. The molecule has 9 rings (SSSR count). The van der Waals surface area contributed by atoms with Crippen LogP contribution in [0.1, 0.15) is 43.0 Å². The van der Waals surface area contributed by atoms with Crippen LogP contribution in [0.15, 0.2) is 79.1 Å². The van der Waals surface area contributed by atoms with Crippen molar-refractivity contribution >= 4 is 45.6 Å². The van der Waals surface area contributed by atoms with E-state index in [2.05, 4.69) is 15.3 Å². The van der Waals surface area contributed by atoms with Gasteiger partial charge in [-0.2, -0.15) is 10.2 Å². The molecule has 266 valence electrons. The molecule has 4 atom stereocenters. The van der Waals surface area contributed by atoms with Crippen LogP contribution in [0.2, 0.25) is 5.02 Å². The van der Waals surface area contributed by atoms with Crippen LogP contribution in [0.3, 0.4) is 0 Å². The molecule has 3 aromatic heterocycles. The third-order valence-corrected chi connectivity index (χ3v) is 11.5. The van der Waals surface area contributed by atoms with Crippen LogP contribution in [0.5, 0.6) is 0 Å². The maximum Gasteiger partial charge on any atom is 0.407 e. The Balaban J connectivity index is 1.02. The highest BCUT2D eigenvalue weighted by atomic mass is 35.5. The van der Waals surface area contributed by atoms with Crippen LogP contribution in [0.25, 0.3) is 33.3 Å². The number of rotatable bonds is 8. The first-order chi connectivity index (χ1) is 25.4. The van der Waals surface area contributed by atoms with E-state index in [1.165, 1.54) is 6.07 Å². The van der Waals surface area contributed by atoms with Crippen LogP contribution >= 0.6 is 11.6 Å². The number of amides is 1. The zero-order chi connectivity index (χ0) is 35.4. The molecule has 52 heavy (non-hydrogen) atoms. The lowest BCUT2D eigenvalue weighted by Gasteiger charge is -2.27. The number of hydrogen-bond acceptors (Lipinski definition) is 8. The van der Waals surface area contributed by atoms with Crippen LogP contribution < -0.4 is 10.2 Å². The summed E-state index contributed by atoms with van der Waals surface area (Å²) in [7, 11) is 1.87. The summed E-state index contributed by atoms with van der Waals surface area (Å²) in [5, 5.41) is 13.9. The number of carbonyl (C=O) groups excluding carboxylic acids is 1. The number of carbonyl (C=O) groups is 1. The average Bonchev–Trinajstić information content (AvgIpc) is 3.41. The summed E-state index contributed by atoms with van der Waals surface area (Å²) in [6.07, 6.45) is 6.55. The van der Waals surface area contributed by atoms with Crippen molar-refractivity contribution in [2.75, 3.05) is 31.1 Å². The third kappa shape index (κ3) is 5.65. The van der Waals surface area contributed by atoms with Gasteiger partial charge in [-0.1, -0.05) is 60.1 Å². The number of aromatic nitrogens is 6. The molecular weight excluding hydrogens is 683 g/mol. The van der Waals surface area contributed by atoms with Gasteiger partial charge in [-0.15, -0.1) is 0 Å². The van der Waals surface area contributed by atoms with Crippen molar-refractivity contribution in [3.8, 4) is 11.3 Å². The van der Waals surface area contributed by atoms with Crippen LogP contribution in [-0.4, -0.2) is 61.9 Å². The van der Waals surface area contributed by atoms with Gasteiger partial charge in [0, 0.05) is 55.9 Å². The third-order valence-electron chi connectivity index (χ3n) is 11.1. The minimum Gasteiger partial charge on any atom is -0.445 e. The van der Waals surface area contributed by atoms with Gasteiger partial charge in [0.05, 0.1) is 16.7 Å². The van der Waals surface area contributed by atoms with Gasteiger partial charge in [-0.05, 0) is 66.8 Å². The van der Waals surface area contributed by atoms with Gasteiger partial charge in [0.1, 0.15) is 29.5 Å². The van der Waals surface area contributed by atoms with E-state index in [1.807, 2.05) is 72.5 Å². The summed E-state index contributed by atoms with van der Waals surface area (Å²) in [6.45, 7) is 2.42. The molecule has 3 fully saturated rings. The van der Waals surface area contributed by atoms with Gasteiger partial charge in [0.25, 0.3) is 0 Å². The van der Waals surface area contributed by atoms with Gasteiger partial charge in [0.2, 0.25) is 0 Å². The fourth-order valence-electron chi connectivity index (χ4n) is 8.49. The van der Waals surface area contributed by atoms with E-state index in [0.717, 1.165) is 47.7 Å². The maximum atomic E-state index is 15.5. The van der Waals surface area contributed by atoms with E-state index in [9.17, 15) is 4.79 Å². The molecule has 1 amide bonds. The number of fused-ring (bicyclic) bond motifs is 3. The Morgan fingerprint density at radius 2 is 1.90 bits per heavy atom. The number of piperidine rings is 1. The summed E-state index contributed by atoms with van der Waals surface area (Å²) in [4.78, 5) is 25.3. The van der Waals surface area contributed by atoms with E-state index in [1.54, 1.807) is 16.9 Å². The summed E-state index contributed by atoms with van der Waals surface area (Å²) < 4.78 is 30.9. The van der Waals surface area contributed by atoms with E-state index >= 15 is 4.39 Å². The molecule has 0 radical (unpaired) electrons. The van der Waals surface area contributed by atoms with E-state index in [0.29, 0.717) is 53.0 Å². The van der Waals surface area contributed by atoms with Crippen molar-refractivity contribution in [3.63, 3.8) is 0 Å². The molecule has 5 heterocycles. The number of nitrogens with zero attached hydrogens (tertiary/aromatic N) is 7. The molecule has 1 saturated carbocycles. The smallest absolute Gasteiger partial charge is 0.407 e. The fraction of sp³-hybridized carbons (Fsp3) is 0.359. The summed E-state index contributed by atoms with van der Waals surface area (Å²) in [6, 6.07) is 20.3. The molecule has 2 saturated heterocycles. The number of hydrogen-bond donors (Lipinski definition) is 1. The molecule has 1 unspecified atom stereocenters. The van der Waals surface area contributed by atoms with Gasteiger partial charge in [-0.25, -0.2) is 23.8 Å². The van der Waals surface area contributed by atoms with Gasteiger partial charge in [-0.3, -0.25) is 4.68 Å². The summed E-state index contributed by atoms with van der Waals surface area (Å²) in [5.74, 6) is 0.713. The lowest BCUT2D eigenvalue weighted by atomic mass is 9.90. The molecule has 1 aliphatic carbocycles.